The molecule has 1 unspecified atom stereocenters. The molecular weight excluding hydrogens is 348 g/mol. The molecule has 0 amide bonds. The Morgan fingerprint density at radius 2 is 1.77 bits per heavy atom. The number of alkyl halides is 1. The molecule has 0 bridgehead atoms. The summed E-state index contributed by atoms with van der Waals surface area (Å²) in [6.07, 6.45) is 0.667. The lowest BCUT2D eigenvalue weighted by Crippen LogP contribution is -2.29. The fourth-order valence-corrected chi connectivity index (χ4v) is 3.06. The minimum Gasteiger partial charge on any atom is -0.463 e. The number of carbonyl (C=O) groups excluding carboxylic acids is 1. The second-order valence-electron chi connectivity index (χ2n) is 5.71. The number of hydrogen-bond acceptors (Lipinski definition) is 4. The van der Waals surface area contributed by atoms with Gasteiger partial charge in [0.2, 0.25) is 0 Å². The van der Waals surface area contributed by atoms with Gasteiger partial charge < -0.3 is 14.2 Å². The van der Waals surface area contributed by atoms with E-state index in [9.17, 15) is 4.79 Å². The largest absolute Gasteiger partial charge is 0.463 e. The van der Waals surface area contributed by atoms with Gasteiger partial charge in [-0.1, -0.05) is 46.3 Å². The highest BCUT2D eigenvalue weighted by Gasteiger charge is 2.32. The highest BCUT2D eigenvalue weighted by molar-refractivity contribution is 9.09. The van der Waals surface area contributed by atoms with E-state index in [4.69, 9.17) is 14.2 Å². The lowest BCUT2D eigenvalue weighted by Gasteiger charge is -2.25. The molecule has 4 nitrogen and oxygen atoms in total. The van der Waals surface area contributed by atoms with E-state index in [0.717, 1.165) is 5.56 Å². The van der Waals surface area contributed by atoms with Crippen molar-refractivity contribution in [3.05, 3.63) is 35.9 Å². The predicted octanol–water partition coefficient (Wildman–Crippen LogP) is 3.75. The van der Waals surface area contributed by atoms with Crippen LogP contribution in [0.3, 0.4) is 0 Å². The third kappa shape index (κ3) is 6.90. The number of rotatable bonds is 10. The van der Waals surface area contributed by atoms with Crippen molar-refractivity contribution in [3.63, 3.8) is 0 Å². The van der Waals surface area contributed by atoms with Crippen LogP contribution in [0.25, 0.3) is 0 Å². The van der Waals surface area contributed by atoms with Crippen LogP contribution in [-0.2, 0) is 19.0 Å². The van der Waals surface area contributed by atoms with Gasteiger partial charge in [0.15, 0.2) is 0 Å². The Kier molecular flexibility index (Phi) is 8.68. The normalized spacial score (nSPS) is 12.9. The van der Waals surface area contributed by atoms with Crippen LogP contribution in [0, 0.1) is 5.41 Å². The van der Waals surface area contributed by atoms with Gasteiger partial charge in [-0.25, -0.2) is 0 Å². The van der Waals surface area contributed by atoms with Crippen LogP contribution in [0.5, 0.6) is 0 Å². The smallest absolute Gasteiger partial charge is 0.311 e. The van der Waals surface area contributed by atoms with E-state index in [2.05, 4.69) is 15.9 Å². The SMILES string of the molecule is COCCOCCOC(=O)C(C)(C)CC(Br)c1ccccc1. The summed E-state index contributed by atoms with van der Waals surface area (Å²) < 4.78 is 15.4. The highest BCUT2D eigenvalue weighted by Crippen LogP contribution is 2.36. The predicted molar refractivity (Wildman–Crippen MR) is 90.2 cm³/mol. The number of esters is 1. The summed E-state index contributed by atoms with van der Waals surface area (Å²) in [7, 11) is 1.62. The van der Waals surface area contributed by atoms with Crippen molar-refractivity contribution >= 4 is 21.9 Å². The molecule has 0 aliphatic rings. The summed E-state index contributed by atoms with van der Waals surface area (Å²) in [5.41, 5.74) is 0.600. The van der Waals surface area contributed by atoms with Crippen molar-refractivity contribution in [2.45, 2.75) is 25.1 Å². The third-order valence-electron chi connectivity index (χ3n) is 3.30. The molecule has 1 aromatic rings. The van der Waals surface area contributed by atoms with Gasteiger partial charge in [0.1, 0.15) is 6.61 Å². The van der Waals surface area contributed by atoms with Crippen LogP contribution >= 0.6 is 15.9 Å². The number of ether oxygens (including phenoxy) is 3. The Labute approximate surface area is 141 Å². The maximum atomic E-state index is 12.2. The summed E-state index contributed by atoms with van der Waals surface area (Å²) in [4.78, 5) is 12.3. The fourth-order valence-electron chi connectivity index (χ4n) is 1.94. The lowest BCUT2D eigenvalue weighted by atomic mass is 9.86. The standard InChI is InChI=1S/C17H25BrO4/c1-17(2,13-15(18)14-7-5-4-6-8-14)16(19)22-12-11-21-10-9-20-3/h4-8,15H,9-13H2,1-3H3. The van der Waals surface area contributed by atoms with E-state index in [0.29, 0.717) is 26.2 Å². The molecule has 0 radical (unpaired) electrons. The van der Waals surface area contributed by atoms with Crippen molar-refractivity contribution < 1.29 is 19.0 Å². The van der Waals surface area contributed by atoms with Crippen LogP contribution < -0.4 is 0 Å². The molecule has 124 valence electrons. The Hall–Kier alpha value is -0.910. The first kappa shape index (κ1) is 19.1. The van der Waals surface area contributed by atoms with E-state index in [1.807, 2.05) is 44.2 Å². The summed E-state index contributed by atoms with van der Waals surface area (Å²) in [5.74, 6) is -0.205. The van der Waals surface area contributed by atoms with E-state index in [-0.39, 0.29) is 17.4 Å². The highest BCUT2D eigenvalue weighted by atomic mass is 79.9. The lowest BCUT2D eigenvalue weighted by molar-refractivity contribution is -0.156. The van der Waals surface area contributed by atoms with Crippen LogP contribution in [0.4, 0.5) is 0 Å². The average molecular weight is 373 g/mol. The molecule has 1 atom stereocenters. The number of benzene rings is 1. The van der Waals surface area contributed by atoms with Gasteiger partial charge in [-0.3, -0.25) is 4.79 Å². The molecule has 5 heteroatoms. The number of carbonyl (C=O) groups is 1. The van der Waals surface area contributed by atoms with Gasteiger partial charge in [0.05, 0.1) is 25.2 Å². The van der Waals surface area contributed by atoms with Gasteiger partial charge in [-0.2, -0.15) is 0 Å². The molecule has 22 heavy (non-hydrogen) atoms. The van der Waals surface area contributed by atoms with Gasteiger partial charge in [0.25, 0.3) is 0 Å². The minimum atomic E-state index is -0.559. The van der Waals surface area contributed by atoms with E-state index < -0.39 is 5.41 Å². The maximum Gasteiger partial charge on any atom is 0.311 e. The molecule has 0 spiro atoms. The van der Waals surface area contributed by atoms with Crippen LogP contribution in [0.2, 0.25) is 0 Å². The van der Waals surface area contributed by atoms with Gasteiger partial charge in [0, 0.05) is 11.9 Å². The summed E-state index contributed by atoms with van der Waals surface area (Å²) >= 11 is 3.65. The zero-order valence-electron chi connectivity index (χ0n) is 13.5. The molecule has 0 aromatic heterocycles. The Morgan fingerprint density at radius 3 is 2.41 bits per heavy atom. The summed E-state index contributed by atoms with van der Waals surface area (Å²) in [5, 5.41) is 0. The second kappa shape index (κ2) is 9.98. The Morgan fingerprint density at radius 1 is 1.14 bits per heavy atom. The molecule has 0 fully saturated rings. The van der Waals surface area contributed by atoms with Crippen molar-refractivity contribution in [1.82, 2.24) is 0 Å². The molecular formula is C17H25BrO4. The number of halogens is 1. The van der Waals surface area contributed by atoms with Gasteiger partial charge in [-0.05, 0) is 25.8 Å². The average Bonchev–Trinajstić information content (AvgIpc) is 2.51. The van der Waals surface area contributed by atoms with E-state index in [1.54, 1.807) is 7.11 Å². The molecule has 0 aliphatic heterocycles. The zero-order chi connectivity index (χ0) is 16.4. The molecule has 0 aliphatic carbocycles. The quantitative estimate of drug-likeness (QED) is 0.356. The summed E-state index contributed by atoms with van der Waals surface area (Å²) in [6.45, 7) is 5.51. The number of methoxy groups -OCH3 is 1. The molecule has 1 aromatic carbocycles. The zero-order valence-corrected chi connectivity index (χ0v) is 15.1. The third-order valence-corrected chi connectivity index (χ3v) is 4.15. The summed E-state index contributed by atoms with van der Waals surface area (Å²) in [6, 6.07) is 10.1. The Balaban J connectivity index is 2.36. The van der Waals surface area contributed by atoms with Crippen LogP contribution in [0.1, 0.15) is 30.7 Å². The van der Waals surface area contributed by atoms with E-state index >= 15 is 0 Å². The van der Waals surface area contributed by atoms with Gasteiger partial charge >= 0.3 is 5.97 Å². The molecule has 0 saturated carbocycles. The first-order valence-corrected chi connectivity index (χ1v) is 8.32. The van der Waals surface area contributed by atoms with Crippen LogP contribution in [-0.4, -0.2) is 39.5 Å². The minimum absolute atomic E-state index is 0.120. The Bertz CT molecular complexity index is 434. The van der Waals surface area contributed by atoms with Crippen molar-refractivity contribution in [1.29, 1.82) is 0 Å². The molecule has 1 rings (SSSR count). The monoisotopic (exact) mass is 372 g/mol. The van der Waals surface area contributed by atoms with Crippen molar-refractivity contribution in [2.75, 3.05) is 33.5 Å². The van der Waals surface area contributed by atoms with Crippen LogP contribution in [0.15, 0.2) is 30.3 Å². The van der Waals surface area contributed by atoms with E-state index in [1.165, 1.54) is 0 Å². The maximum absolute atomic E-state index is 12.2. The first-order chi connectivity index (χ1) is 10.5. The fraction of sp³-hybridized carbons (Fsp3) is 0.588. The number of hydrogen-bond donors (Lipinski definition) is 0. The van der Waals surface area contributed by atoms with Crippen molar-refractivity contribution in [2.24, 2.45) is 5.41 Å². The van der Waals surface area contributed by atoms with Gasteiger partial charge in [-0.15, -0.1) is 0 Å². The topological polar surface area (TPSA) is 44.8 Å². The second-order valence-corrected chi connectivity index (χ2v) is 6.81. The molecule has 0 heterocycles. The van der Waals surface area contributed by atoms with Crippen molar-refractivity contribution in [3.8, 4) is 0 Å². The molecule has 0 N–H and O–H groups in total. The first-order valence-electron chi connectivity index (χ1n) is 7.40. The molecule has 0 saturated heterocycles.